The Hall–Kier alpha value is -1.42. The molecule has 0 amide bonds. The number of nitrogens with zero attached hydrogens (tertiary/aromatic N) is 2. The summed E-state index contributed by atoms with van der Waals surface area (Å²) < 4.78 is 7.07. The largest absolute Gasteiger partial charge is 0.448 e. The van der Waals surface area contributed by atoms with Crippen LogP contribution in [0.3, 0.4) is 0 Å². The molecule has 0 radical (unpaired) electrons. The molecule has 1 N–H and O–H groups in total. The molecule has 2 rings (SSSR count). The molecule has 0 atom stereocenters. The van der Waals surface area contributed by atoms with Crippen molar-refractivity contribution in [1.82, 2.24) is 9.78 Å². The van der Waals surface area contributed by atoms with Crippen LogP contribution in [-0.2, 0) is 20.0 Å². The van der Waals surface area contributed by atoms with Crippen LogP contribution in [0, 0.1) is 0 Å². The van der Waals surface area contributed by atoms with Gasteiger partial charge in [-0.1, -0.05) is 6.92 Å². The second-order valence-electron chi connectivity index (χ2n) is 3.56. The number of aromatic nitrogens is 2. The third kappa shape index (κ3) is 2.39. The molecule has 0 aliphatic heterocycles. The Labute approximate surface area is 99.2 Å². The van der Waals surface area contributed by atoms with E-state index in [1.165, 1.54) is 0 Å². The molecule has 0 saturated carbocycles. The summed E-state index contributed by atoms with van der Waals surface area (Å²) in [6.07, 6.45) is 0.933. The van der Waals surface area contributed by atoms with Crippen LogP contribution in [0.25, 0.3) is 0 Å². The van der Waals surface area contributed by atoms with Crippen LogP contribution in [0.1, 0.15) is 18.4 Å². The van der Waals surface area contributed by atoms with Gasteiger partial charge in [-0.15, -0.1) is 0 Å². The van der Waals surface area contributed by atoms with Crippen molar-refractivity contribution in [2.24, 2.45) is 7.05 Å². The molecule has 0 spiro atoms. The van der Waals surface area contributed by atoms with Crippen LogP contribution in [0.4, 0.5) is 5.82 Å². The van der Waals surface area contributed by atoms with Gasteiger partial charge in [-0.25, -0.2) is 0 Å². The molecule has 86 valence electrons. The Balaban J connectivity index is 2.01. The van der Waals surface area contributed by atoms with E-state index >= 15 is 0 Å². The van der Waals surface area contributed by atoms with Gasteiger partial charge in [-0.2, -0.15) is 5.10 Å². The lowest BCUT2D eigenvalue weighted by Crippen LogP contribution is -2.03. The molecule has 2 aromatic rings. The number of rotatable bonds is 4. The van der Waals surface area contributed by atoms with Crippen molar-refractivity contribution in [3.8, 4) is 0 Å². The van der Waals surface area contributed by atoms with E-state index in [4.69, 9.17) is 16.0 Å². The first kappa shape index (κ1) is 11.1. The Morgan fingerprint density at radius 2 is 2.31 bits per heavy atom. The fraction of sp³-hybridized carbons (Fsp3) is 0.364. The quantitative estimate of drug-likeness (QED) is 0.892. The molecule has 0 aromatic carbocycles. The number of furan rings is 1. The molecular weight excluding hydrogens is 226 g/mol. The van der Waals surface area contributed by atoms with E-state index in [-0.39, 0.29) is 0 Å². The Morgan fingerprint density at radius 3 is 2.88 bits per heavy atom. The molecule has 0 bridgehead atoms. The maximum Gasteiger partial charge on any atom is 0.193 e. The summed E-state index contributed by atoms with van der Waals surface area (Å²) in [7, 11) is 1.91. The van der Waals surface area contributed by atoms with E-state index in [1.807, 2.05) is 23.9 Å². The minimum absolute atomic E-state index is 0.413. The van der Waals surface area contributed by atoms with Crippen molar-refractivity contribution >= 4 is 17.4 Å². The molecule has 0 unspecified atom stereocenters. The van der Waals surface area contributed by atoms with Crippen molar-refractivity contribution in [3.63, 3.8) is 0 Å². The van der Waals surface area contributed by atoms with Gasteiger partial charge in [-0.05, 0) is 30.2 Å². The van der Waals surface area contributed by atoms with Crippen molar-refractivity contribution < 1.29 is 4.42 Å². The second kappa shape index (κ2) is 4.61. The Bertz CT molecular complexity index is 475. The molecule has 0 saturated heterocycles. The predicted octanol–water partition coefficient (Wildman–Crippen LogP) is 2.84. The van der Waals surface area contributed by atoms with Crippen LogP contribution >= 0.6 is 11.6 Å². The monoisotopic (exact) mass is 239 g/mol. The molecule has 5 heteroatoms. The summed E-state index contributed by atoms with van der Waals surface area (Å²) in [4.78, 5) is 0. The Kier molecular flexibility index (Phi) is 3.19. The van der Waals surface area contributed by atoms with E-state index in [1.54, 1.807) is 6.07 Å². The highest BCUT2D eigenvalue weighted by Gasteiger charge is 2.04. The average Bonchev–Trinajstić information content (AvgIpc) is 2.82. The summed E-state index contributed by atoms with van der Waals surface area (Å²) in [6, 6.07) is 5.62. The predicted molar refractivity (Wildman–Crippen MR) is 63.6 cm³/mol. The van der Waals surface area contributed by atoms with E-state index in [0.29, 0.717) is 11.8 Å². The van der Waals surface area contributed by atoms with E-state index in [9.17, 15) is 0 Å². The number of aryl methyl sites for hydroxylation is 2. The van der Waals surface area contributed by atoms with Crippen LogP contribution in [0.2, 0.25) is 5.22 Å². The van der Waals surface area contributed by atoms with Gasteiger partial charge in [0.15, 0.2) is 5.22 Å². The maximum atomic E-state index is 5.69. The average molecular weight is 240 g/mol. The van der Waals surface area contributed by atoms with Crippen molar-refractivity contribution in [3.05, 3.63) is 34.9 Å². The lowest BCUT2D eigenvalue weighted by Gasteiger charge is -2.03. The first-order valence-corrected chi connectivity index (χ1v) is 5.58. The van der Waals surface area contributed by atoms with Crippen molar-refractivity contribution in [1.29, 1.82) is 0 Å². The van der Waals surface area contributed by atoms with Crippen LogP contribution in [0.15, 0.2) is 22.6 Å². The summed E-state index contributed by atoms with van der Waals surface area (Å²) in [5.41, 5.74) is 1.07. The summed E-state index contributed by atoms with van der Waals surface area (Å²) in [5, 5.41) is 8.00. The molecular formula is C11H14ClN3O. The highest BCUT2D eigenvalue weighted by Crippen LogP contribution is 2.15. The fourth-order valence-electron chi connectivity index (χ4n) is 1.49. The summed E-state index contributed by atoms with van der Waals surface area (Å²) >= 11 is 5.69. The van der Waals surface area contributed by atoms with Crippen molar-refractivity contribution in [2.75, 3.05) is 5.32 Å². The highest BCUT2D eigenvalue weighted by molar-refractivity contribution is 6.28. The fourth-order valence-corrected chi connectivity index (χ4v) is 1.65. The highest BCUT2D eigenvalue weighted by atomic mass is 35.5. The molecule has 0 aliphatic carbocycles. The zero-order valence-corrected chi connectivity index (χ0v) is 10.1. The number of hydrogen-bond donors (Lipinski definition) is 1. The smallest absolute Gasteiger partial charge is 0.193 e. The topological polar surface area (TPSA) is 43.0 Å². The van der Waals surface area contributed by atoms with Gasteiger partial charge in [0.05, 0.1) is 12.2 Å². The minimum atomic E-state index is 0.413. The van der Waals surface area contributed by atoms with E-state index < -0.39 is 0 Å². The first-order valence-electron chi connectivity index (χ1n) is 5.20. The standard InChI is InChI=1S/C11H14ClN3O/c1-3-8-6-11(15(2)14-8)13-7-9-4-5-10(12)16-9/h4-6,13H,3,7H2,1-2H3. The normalized spacial score (nSPS) is 10.7. The van der Waals surface area contributed by atoms with Crippen molar-refractivity contribution in [2.45, 2.75) is 19.9 Å². The van der Waals surface area contributed by atoms with E-state index in [2.05, 4.69) is 17.3 Å². The number of nitrogens with one attached hydrogen (secondary N) is 1. The number of anilines is 1. The molecule has 16 heavy (non-hydrogen) atoms. The van der Waals surface area contributed by atoms with Crippen LogP contribution in [0.5, 0.6) is 0 Å². The Morgan fingerprint density at radius 1 is 1.50 bits per heavy atom. The lowest BCUT2D eigenvalue weighted by atomic mass is 10.3. The number of halogens is 1. The lowest BCUT2D eigenvalue weighted by molar-refractivity contribution is 0.519. The molecule has 4 nitrogen and oxygen atoms in total. The first-order chi connectivity index (χ1) is 7.69. The van der Waals surface area contributed by atoms with Gasteiger partial charge in [0.1, 0.15) is 11.6 Å². The molecule has 2 aromatic heterocycles. The SMILES string of the molecule is CCc1cc(NCc2ccc(Cl)o2)n(C)n1. The van der Waals surface area contributed by atoms with Crippen LogP contribution in [-0.4, -0.2) is 9.78 Å². The maximum absolute atomic E-state index is 5.69. The molecule has 2 heterocycles. The summed E-state index contributed by atoms with van der Waals surface area (Å²) in [5.74, 6) is 1.79. The zero-order chi connectivity index (χ0) is 11.5. The van der Waals surface area contributed by atoms with E-state index in [0.717, 1.165) is 23.7 Å². The third-order valence-electron chi connectivity index (χ3n) is 2.37. The number of hydrogen-bond acceptors (Lipinski definition) is 3. The zero-order valence-electron chi connectivity index (χ0n) is 9.33. The van der Waals surface area contributed by atoms with Gasteiger partial charge in [0.25, 0.3) is 0 Å². The van der Waals surface area contributed by atoms with Gasteiger partial charge >= 0.3 is 0 Å². The van der Waals surface area contributed by atoms with Crippen LogP contribution < -0.4 is 5.32 Å². The van der Waals surface area contributed by atoms with Gasteiger partial charge < -0.3 is 9.73 Å². The van der Waals surface area contributed by atoms with Gasteiger partial charge in [0, 0.05) is 13.1 Å². The molecule has 0 aliphatic rings. The third-order valence-corrected chi connectivity index (χ3v) is 2.57. The van der Waals surface area contributed by atoms with Gasteiger partial charge in [0.2, 0.25) is 0 Å². The van der Waals surface area contributed by atoms with Gasteiger partial charge in [-0.3, -0.25) is 4.68 Å². The minimum Gasteiger partial charge on any atom is -0.448 e. The molecule has 0 fully saturated rings. The summed E-state index contributed by atoms with van der Waals surface area (Å²) in [6.45, 7) is 2.69. The second-order valence-corrected chi connectivity index (χ2v) is 3.93.